The largest absolute Gasteiger partial charge is 0.348 e. The Morgan fingerprint density at radius 3 is 2.31 bits per heavy atom. The number of hydrogen-bond donors (Lipinski definition) is 0. The van der Waals surface area contributed by atoms with Crippen molar-refractivity contribution in [3.63, 3.8) is 0 Å². The molecule has 2 saturated heterocycles. The van der Waals surface area contributed by atoms with Gasteiger partial charge in [0.1, 0.15) is 5.15 Å². The van der Waals surface area contributed by atoms with Gasteiger partial charge < -0.3 is 4.90 Å². The van der Waals surface area contributed by atoms with Crippen LogP contribution in [0.25, 0.3) is 0 Å². The molecule has 0 unspecified atom stereocenters. The van der Waals surface area contributed by atoms with Gasteiger partial charge in [0, 0.05) is 52.4 Å². The first-order chi connectivity index (χ1) is 12.7. The molecule has 26 heavy (non-hydrogen) atoms. The van der Waals surface area contributed by atoms with Crippen molar-refractivity contribution in [1.82, 2.24) is 14.8 Å². The molecule has 140 valence electrons. The van der Waals surface area contributed by atoms with Crippen LogP contribution in [0.5, 0.6) is 0 Å². The minimum atomic E-state index is 0.708. The van der Waals surface area contributed by atoms with Crippen molar-refractivity contribution < 1.29 is 0 Å². The summed E-state index contributed by atoms with van der Waals surface area (Å²) in [6, 6.07) is 8.71. The second kappa shape index (κ2) is 8.26. The van der Waals surface area contributed by atoms with E-state index in [4.69, 9.17) is 11.6 Å². The van der Waals surface area contributed by atoms with Crippen LogP contribution in [0.15, 0.2) is 24.3 Å². The Bertz CT molecular complexity index is 733. The number of halogens is 1. The van der Waals surface area contributed by atoms with Gasteiger partial charge >= 0.3 is 0 Å². The Labute approximate surface area is 165 Å². The first kappa shape index (κ1) is 18.2. The Balaban J connectivity index is 1.30. The van der Waals surface area contributed by atoms with Gasteiger partial charge in [-0.2, -0.15) is 0 Å². The number of hydrogen-bond acceptors (Lipinski definition) is 5. The van der Waals surface area contributed by atoms with E-state index in [1.807, 2.05) is 0 Å². The van der Waals surface area contributed by atoms with Crippen LogP contribution in [-0.4, -0.2) is 54.1 Å². The Kier molecular flexibility index (Phi) is 5.79. The van der Waals surface area contributed by atoms with Crippen LogP contribution in [0.3, 0.4) is 0 Å². The number of thiazole rings is 1. The zero-order valence-corrected chi connectivity index (χ0v) is 17.0. The summed E-state index contributed by atoms with van der Waals surface area (Å²) in [5.41, 5.74) is 2.84. The second-order valence-corrected chi connectivity index (χ2v) is 8.80. The van der Waals surface area contributed by atoms with Gasteiger partial charge in [-0.15, -0.1) is 0 Å². The predicted molar refractivity (Wildman–Crippen MR) is 110 cm³/mol. The van der Waals surface area contributed by atoms with Gasteiger partial charge in [-0.05, 0) is 30.9 Å². The van der Waals surface area contributed by atoms with Crippen LogP contribution in [0.2, 0.25) is 5.15 Å². The average molecular weight is 391 g/mol. The molecule has 0 aliphatic carbocycles. The van der Waals surface area contributed by atoms with Crippen molar-refractivity contribution in [3.05, 3.63) is 45.4 Å². The summed E-state index contributed by atoms with van der Waals surface area (Å²) in [7, 11) is 0. The fourth-order valence-corrected chi connectivity index (χ4v) is 5.15. The maximum absolute atomic E-state index is 6.43. The molecule has 6 heteroatoms. The number of nitrogens with zero attached hydrogens (tertiary/aromatic N) is 4. The fourth-order valence-electron chi connectivity index (χ4n) is 3.80. The molecular formula is C20H27ClN4S. The van der Waals surface area contributed by atoms with E-state index in [1.54, 1.807) is 11.3 Å². The summed E-state index contributed by atoms with van der Waals surface area (Å²) >= 11 is 8.21. The normalized spacial score (nSPS) is 19.4. The molecule has 2 aromatic rings. The molecule has 0 spiro atoms. The minimum absolute atomic E-state index is 0.708. The van der Waals surface area contributed by atoms with Gasteiger partial charge in [-0.25, -0.2) is 4.98 Å². The zero-order chi connectivity index (χ0) is 17.9. The number of piperazine rings is 1. The van der Waals surface area contributed by atoms with Crippen molar-refractivity contribution >= 4 is 28.1 Å². The average Bonchev–Trinajstić information content (AvgIpc) is 3.29. The highest BCUT2D eigenvalue weighted by Gasteiger charge is 2.22. The topological polar surface area (TPSA) is 22.6 Å². The molecule has 1 aromatic heterocycles. The summed E-state index contributed by atoms with van der Waals surface area (Å²) in [6.45, 7) is 10.9. The van der Waals surface area contributed by atoms with E-state index in [2.05, 4.69) is 50.9 Å². The molecule has 2 aliphatic heterocycles. The molecule has 4 rings (SSSR count). The lowest BCUT2D eigenvalue weighted by molar-refractivity contribution is 0.122. The van der Waals surface area contributed by atoms with Crippen LogP contribution >= 0.6 is 22.9 Å². The lowest BCUT2D eigenvalue weighted by Gasteiger charge is -2.34. The van der Waals surface area contributed by atoms with Gasteiger partial charge in [0.15, 0.2) is 5.13 Å². The van der Waals surface area contributed by atoms with Crippen LogP contribution in [0.4, 0.5) is 5.13 Å². The molecule has 0 radical (unpaired) electrons. The summed E-state index contributed by atoms with van der Waals surface area (Å²) < 4.78 is 0. The molecule has 4 nitrogen and oxygen atoms in total. The monoisotopic (exact) mass is 390 g/mol. The van der Waals surface area contributed by atoms with Gasteiger partial charge in [0.25, 0.3) is 0 Å². The Hall–Kier alpha value is -1.14. The highest BCUT2D eigenvalue weighted by Crippen LogP contribution is 2.32. The fraction of sp³-hybridized carbons (Fsp3) is 0.550. The van der Waals surface area contributed by atoms with Crippen molar-refractivity contribution in [1.29, 1.82) is 0 Å². The number of benzene rings is 1. The van der Waals surface area contributed by atoms with Gasteiger partial charge in [0.05, 0.1) is 4.88 Å². The molecule has 3 heterocycles. The van der Waals surface area contributed by atoms with E-state index in [9.17, 15) is 0 Å². The summed E-state index contributed by atoms with van der Waals surface area (Å²) in [5.74, 6) is 0. The standard InChI is InChI=1S/C20H27ClN4S/c1-16-6-2-3-7-17(16)14-23-10-12-24(13-11-23)15-18-19(21)22-20(26-18)25-8-4-5-9-25/h2-3,6-7H,4-5,8-15H2,1H3. The van der Waals surface area contributed by atoms with Crippen molar-refractivity contribution in [2.75, 3.05) is 44.2 Å². The van der Waals surface area contributed by atoms with Crippen molar-refractivity contribution in [2.45, 2.75) is 32.9 Å². The lowest BCUT2D eigenvalue weighted by atomic mass is 10.1. The van der Waals surface area contributed by atoms with E-state index in [0.29, 0.717) is 5.15 Å². The second-order valence-electron chi connectivity index (χ2n) is 7.38. The third-order valence-corrected chi connectivity index (χ3v) is 7.03. The van der Waals surface area contributed by atoms with E-state index >= 15 is 0 Å². The number of aromatic nitrogens is 1. The molecule has 0 N–H and O–H groups in total. The molecule has 1 aromatic carbocycles. The maximum Gasteiger partial charge on any atom is 0.187 e. The molecule has 0 saturated carbocycles. The molecule has 0 atom stereocenters. The van der Waals surface area contributed by atoms with Gasteiger partial charge in [-0.3, -0.25) is 9.80 Å². The van der Waals surface area contributed by atoms with E-state index < -0.39 is 0 Å². The minimum Gasteiger partial charge on any atom is -0.348 e. The van der Waals surface area contributed by atoms with E-state index in [-0.39, 0.29) is 0 Å². The van der Waals surface area contributed by atoms with Crippen LogP contribution in [-0.2, 0) is 13.1 Å². The van der Waals surface area contributed by atoms with Crippen molar-refractivity contribution in [2.24, 2.45) is 0 Å². The molecule has 0 bridgehead atoms. The third kappa shape index (κ3) is 4.22. The number of rotatable bonds is 5. The first-order valence-corrected chi connectivity index (χ1v) is 10.8. The number of aryl methyl sites for hydroxylation is 1. The van der Waals surface area contributed by atoms with E-state index in [0.717, 1.165) is 57.5 Å². The molecule has 2 aliphatic rings. The van der Waals surface area contributed by atoms with Crippen LogP contribution in [0, 0.1) is 6.92 Å². The highest BCUT2D eigenvalue weighted by molar-refractivity contribution is 7.16. The third-order valence-electron chi connectivity index (χ3n) is 5.50. The lowest BCUT2D eigenvalue weighted by Crippen LogP contribution is -2.45. The van der Waals surface area contributed by atoms with Crippen molar-refractivity contribution in [3.8, 4) is 0 Å². The quantitative estimate of drug-likeness (QED) is 0.768. The highest BCUT2D eigenvalue weighted by atomic mass is 35.5. The maximum atomic E-state index is 6.43. The van der Waals surface area contributed by atoms with Gasteiger partial charge in [-0.1, -0.05) is 47.2 Å². The summed E-state index contributed by atoms with van der Waals surface area (Å²) in [6.07, 6.45) is 2.55. The molecule has 2 fully saturated rings. The first-order valence-electron chi connectivity index (χ1n) is 9.58. The number of anilines is 1. The molecular weight excluding hydrogens is 364 g/mol. The SMILES string of the molecule is Cc1ccccc1CN1CCN(Cc2sc(N3CCCC3)nc2Cl)CC1. The molecule has 0 amide bonds. The van der Waals surface area contributed by atoms with Gasteiger partial charge in [0.2, 0.25) is 0 Å². The van der Waals surface area contributed by atoms with Crippen LogP contribution in [0.1, 0.15) is 28.8 Å². The van der Waals surface area contributed by atoms with Crippen LogP contribution < -0.4 is 4.90 Å². The smallest absolute Gasteiger partial charge is 0.187 e. The summed E-state index contributed by atoms with van der Waals surface area (Å²) in [4.78, 5) is 13.3. The predicted octanol–water partition coefficient (Wildman–Crippen LogP) is 4.02. The summed E-state index contributed by atoms with van der Waals surface area (Å²) in [5, 5.41) is 1.82. The Morgan fingerprint density at radius 2 is 1.62 bits per heavy atom. The zero-order valence-electron chi connectivity index (χ0n) is 15.5. The Morgan fingerprint density at radius 1 is 0.962 bits per heavy atom. The van der Waals surface area contributed by atoms with E-state index in [1.165, 1.54) is 28.8 Å².